The molecule has 2 rings (SSSR count). The van der Waals surface area contributed by atoms with Gasteiger partial charge in [0, 0.05) is 19.1 Å². The molecule has 5 heteroatoms. The van der Waals surface area contributed by atoms with Gasteiger partial charge in [-0.25, -0.2) is 0 Å². The summed E-state index contributed by atoms with van der Waals surface area (Å²) in [6.07, 6.45) is 4.89. The Balaban J connectivity index is 1.93. The summed E-state index contributed by atoms with van der Waals surface area (Å²) >= 11 is 6.02. The van der Waals surface area contributed by atoms with Crippen LogP contribution < -0.4 is 10.2 Å². The molecule has 0 saturated heterocycles. The smallest absolute Gasteiger partial charge is 0.250 e. The molecule has 1 aliphatic carbocycles. The Morgan fingerprint density at radius 1 is 1.36 bits per heavy atom. The van der Waals surface area contributed by atoms with Crippen LogP contribution >= 0.6 is 11.6 Å². The highest BCUT2D eigenvalue weighted by Crippen LogP contribution is 2.28. The fourth-order valence-electron chi connectivity index (χ4n) is 2.90. The molecular weight excluding hydrogens is 300 g/mol. The van der Waals surface area contributed by atoms with E-state index in [0.29, 0.717) is 16.6 Å². The highest BCUT2D eigenvalue weighted by molar-refractivity contribution is 6.31. The first-order valence-corrected chi connectivity index (χ1v) is 8.23. The van der Waals surface area contributed by atoms with Gasteiger partial charge in [0.05, 0.1) is 17.5 Å². The van der Waals surface area contributed by atoms with Crippen molar-refractivity contribution in [1.29, 1.82) is 0 Å². The number of halogens is 1. The topological polar surface area (TPSA) is 41.6 Å². The Morgan fingerprint density at radius 2 is 2.09 bits per heavy atom. The average molecular weight is 325 g/mol. The van der Waals surface area contributed by atoms with E-state index in [1.807, 2.05) is 31.1 Å². The molecule has 1 aromatic carbocycles. The largest absolute Gasteiger partial charge is 0.376 e. The second-order valence-corrected chi connectivity index (χ2v) is 6.65. The van der Waals surface area contributed by atoms with Gasteiger partial charge >= 0.3 is 0 Å². The Bertz CT molecular complexity index is 519. The van der Waals surface area contributed by atoms with Gasteiger partial charge in [-0.05, 0) is 37.0 Å². The van der Waals surface area contributed by atoms with Crippen LogP contribution in [0.25, 0.3) is 0 Å². The van der Waals surface area contributed by atoms with Crippen LogP contribution in [0.1, 0.15) is 32.6 Å². The molecule has 1 N–H and O–H groups in total. The third kappa shape index (κ3) is 4.62. The number of amides is 1. The Labute approximate surface area is 137 Å². The molecule has 2 atom stereocenters. The number of ether oxygens (including phenoxy) is 1. The quantitative estimate of drug-likeness (QED) is 0.892. The molecule has 4 nitrogen and oxygen atoms in total. The lowest BCUT2D eigenvalue weighted by atomic mass is 9.88. The van der Waals surface area contributed by atoms with E-state index >= 15 is 0 Å². The van der Waals surface area contributed by atoms with Gasteiger partial charge in [-0.2, -0.15) is 0 Å². The predicted molar refractivity (Wildman–Crippen MR) is 91.8 cm³/mol. The predicted octanol–water partition coefficient (Wildman–Crippen LogP) is 3.94. The number of carbonyl (C=O) groups is 1. The number of nitrogens with zero attached hydrogens (tertiary/aromatic N) is 1. The molecule has 1 fully saturated rings. The summed E-state index contributed by atoms with van der Waals surface area (Å²) in [5, 5.41) is 3.50. The van der Waals surface area contributed by atoms with Crippen molar-refractivity contribution in [3.05, 3.63) is 23.2 Å². The van der Waals surface area contributed by atoms with Gasteiger partial charge < -0.3 is 15.0 Å². The molecule has 0 bridgehead atoms. The van der Waals surface area contributed by atoms with Crippen LogP contribution in [0.3, 0.4) is 0 Å². The van der Waals surface area contributed by atoms with Gasteiger partial charge in [0.15, 0.2) is 0 Å². The molecule has 22 heavy (non-hydrogen) atoms. The van der Waals surface area contributed by atoms with Gasteiger partial charge in [0.25, 0.3) is 0 Å². The van der Waals surface area contributed by atoms with E-state index in [-0.39, 0.29) is 18.6 Å². The second-order valence-electron chi connectivity index (χ2n) is 6.22. The summed E-state index contributed by atoms with van der Waals surface area (Å²) in [4.78, 5) is 14.1. The standard InChI is InChI=1S/C17H25ClN2O2/c1-12-6-4-5-7-16(12)22-11-17(21)19-14-10-13(18)8-9-15(14)20(2)3/h8-10,12,16H,4-7,11H2,1-3H3,(H,19,21). The molecule has 122 valence electrons. The molecule has 0 radical (unpaired) electrons. The number of anilines is 2. The average Bonchev–Trinajstić information content (AvgIpc) is 2.46. The summed E-state index contributed by atoms with van der Waals surface area (Å²) < 4.78 is 5.80. The Hall–Kier alpha value is -1.26. The minimum absolute atomic E-state index is 0.0917. The Morgan fingerprint density at radius 3 is 2.77 bits per heavy atom. The summed E-state index contributed by atoms with van der Waals surface area (Å²) in [6, 6.07) is 5.47. The van der Waals surface area contributed by atoms with Crippen molar-refractivity contribution in [2.75, 3.05) is 30.9 Å². The molecule has 0 spiro atoms. The van der Waals surface area contributed by atoms with Crippen molar-refractivity contribution in [2.24, 2.45) is 5.92 Å². The van der Waals surface area contributed by atoms with Gasteiger partial charge in [0.1, 0.15) is 6.61 Å². The number of nitrogens with one attached hydrogen (secondary N) is 1. The van der Waals surface area contributed by atoms with Crippen LogP contribution in [0.15, 0.2) is 18.2 Å². The summed E-state index contributed by atoms with van der Waals surface area (Å²) in [6.45, 7) is 2.29. The minimum Gasteiger partial charge on any atom is -0.376 e. The van der Waals surface area contributed by atoms with E-state index in [0.717, 1.165) is 12.1 Å². The van der Waals surface area contributed by atoms with Crippen molar-refractivity contribution >= 4 is 28.9 Å². The van der Waals surface area contributed by atoms with Crippen LogP contribution in [-0.4, -0.2) is 32.7 Å². The van der Waals surface area contributed by atoms with E-state index in [2.05, 4.69) is 12.2 Å². The van der Waals surface area contributed by atoms with Crippen molar-refractivity contribution < 1.29 is 9.53 Å². The maximum absolute atomic E-state index is 12.2. The number of hydrogen-bond donors (Lipinski definition) is 1. The normalized spacial score (nSPS) is 21.5. The van der Waals surface area contributed by atoms with Crippen LogP contribution in [-0.2, 0) is 9.53 Å². The summed E-state index contributed by atoms with van der Waals surface area (Å²) in [5.74, 6) is 0.396. The van der Waals surface area contributed by atoms with Crippen LogP contribution in [0.4, 0.5) is 11.4 Å². The first kappa shape index (κ1) is 17.1. The van der Waals surface area contributed by atoms with E-state index < -0.39 is 0 Å². The zero-order chi connectivity index (χ0) is 16.1. The molecule has 0 aliphatic heterocycles. The molecule has 0 heterocycles. The molecule has 2 unspecified atom stereocenters. The summed E-state index contributed by atoms with van der Waals surface area (Å²) in [5.41, 5.74) is 1.63. The van der Waals surface area contributed by atoms with Crippen molar-refractivity contribution in [3.63, 3.8) is 0 Å². The molecule has 1 aromatic rings. The molecule has 1 aliphatic rings. The number of hydrogen-bond acceptors (Lipinski definition) is 3. The van der Waals surface area contributed by atoms with Crippen LogP contribution in [0.5, 0.6) is 0 Å². The maximum atomic E-state index is 12.2. The lowest BCUT2D eigenvalue weighted by Gasteiger charge is -2.28. The van der Waals surface area contributed by atoms with Crippen LogP contribution in [0, 0.1) is 5.92 Å². The zero-order valence-corrected chi connectivity index (χ0v) is 14.3. The molecule has 0 aromatic heterocycles. The third-order valence-electron chi connectivity index (χ3n) is 4.18. The lowest BCUT2D eigenvalue weighted by molar-refractivity contribution is -0.124. The first-order valence-electron chi connectivity index (χ1n) is 7.85. The second kappa shape index (κ2) is 7.84. The first-order chi connectivity index (χ1) is 10.5. The Kier molecular flexibility index (Phi) is 6.09. The highest BCUT2D eigenvalue weighted by Gasteiger charge is 2.22. The molecular formula is C17H25ClN2O2. The SMILES string of the molecule is CC1CCCCC1OCC(=O)Nc1cc(Cl)ccc1N(C)C. The minimum atomic E-state index is -0.136. The van der Waals surface area contributed by atoms with Crippen molar-refractivity contribution in [3.8, 4) is 0 Å². The van der Waals surface area contributed by atoms with Gasteiger partial charge in [-0.1, -0.05) is 31.4 Å². The molecule has 1 amide bonds. The van der Waals surface area contributed by atoms with Crippen LogP contribution in [0.2, 0.25) is 5.02 Å². The fraction of sp³-hybridized carbons (Fsp3) is 0.588. The number of rotatable bonds is 5. The van der Waals surface area contributed by atoms with E-state index in [9.17, 15) is 4.79 Å². The van der Waals surface area contributed by atoms with Gasteiger partial charge in [0.2, 0.25) is 5.91 Å². The lowest BCUT2D eigenvalue weighted by Crippen LogP contribution is -2.30. The highest BCUT2D eigenvalue weighted by atomic mass is 35.5. The monoisotopic (exact) mass is 324 g/mol. The van der Waals surface area contributed by atoms with Gasteiger partial charge in [-0.15, -0.1) is 0 Å². The van der Waals surface area contributed by atoms with Gasteiger partial charge in [-0.3, -0.25) is 4.79 Å². The van der Waals surface area contributed by atoms with E-state index in [4.69, 9.17) is 16.3 Å². The van der Waals surface area contributed by atoms with Crippen molar-refractivity contribution in [2.45, 2.75) is 38.7 Å². The maximum Gasteiger partial charge on any atom is 0.250 e. The van der Waals surface area contributed by atoms with Crippen molar-refractivity contribution in [1.82, 2.24) is 0 Å². The zero-order valence-electron chi connectivity index (χ0n) is 13.6. The number of carbonyl (C=O) groups excluding carboxylic acids is 1. The number of benzene rings is 1. The summed E-state index contributed by atoms with van der Waals surface area (Å²) in [7, 11) is 3.86. The fourth-order valence-corrected chi connectivity index (χ4v) is 3.07. The molecule has 1 saturated carbocycles. The van der Waals surface area contributed by atoms with E-state index in [1.54, 1.807) is 6.07 Å². The third-order valence-corrected chi connectivity index (χ3v) is 4.41. The van der Waals surface area contributed by atoms with E-state index in [1.165, 1.54) is 19.3 Å².